The number of rotatable bonds is 6. The van der Waals surface area contributed by atoms with Gasteiger partial charge in [0.15, 0.2) is 5.82 Å². The predicted octanol–water partition coefficient (Wildman–Crippen LogP) is 15.2. The van der Waals surface area contributed by atoms with Crippen molar-refractivity contribution in [2.75, 3.05) is 0 Å². The summed E-state index contributed by atoms with van der Waals surface area (Å²) in [4.78, 5) is 10.7. The molecule has 0 spiro atoms. The monoisotopic (exact) mass is 748 g/mol. The maximum atomic E-state index is 5.39. The lowest BCUT2D eigenvalue weighted by Gasteiger charge is -2.14. The second-order valence-corrected chi connectivity index (χ2v) is 16.2. The molecule has 3 aromatic heterocycles. The Labute approximate surface area is 332 Å². The van der Waals surface area contributed by atoms with Crippen LogP contribution in [-0.4, -0.2) is 9.97 Å². The third-order valence-electron chi connectivity index (χ3n) is 10.7. The summed E-state index contributed by atoms with van der Waals surface area (Å²) in [5.74, 6) is 0.696. The highest BCUT2D eigenvalue weighted by atomic mass is 32.1. The van der Waals surface area contributed by atoms with E-state index in [4.69, 9.17) is 9.97 Å². The van der Waals surface area contributed by atoms with Crippen molar-refractivity contribution in [1.29, 1.82) is 0 Å². The summed E-state index contributed by atoms with van der Waals surface area (Å²) in [6.07, 6.45) is 0. The molecule has 3 heterocycles. The Hall–Kier alpha value is -6.72. The molecule has 262 valence electrons. The van der Waals surface area contributed by atoms with E-state index in [0.717, 1.165) is 44.8 Å². The van der Waals surface area contributed by atoms with Crippen molar-refractivity contribution in [3.63, 3.8) is 0 Å². The molecule has 11 rings (SSSR count). The van der Waals surface area contributed by atoms with Gasteiger partial charge in [-0.15, -0.1) is 22.7 Å². The summed E-state index contributed by atoms with van der Waals surface area (Å²) in [6.45, 7) is 0. The maximum absolute atomic E-state index is 5.39. The molecule has 0 saturated heterocycles. The number of aromatic nitrogens is 2. The molecule has 56 heavy (non-hydrogen) atoms. The van der Waals surface area contributed by atoms with Gasteiger partial charge in [0.2, 0.25) is 0 Å². The summed E-state index contributed by atoms with van der Waals surface area (Å²) in [5, 5.41) is 5.15. The van der Waals surface area contributed by atoms with Gasteiger partial charge in [0.25, 0.3) is 0 Å². The zero-order valence-corrected chi connectivity index (χ0v) is 31.8. The Bertz CT molecular complexity index is 3120. The normalized spacial score (nSPS) is 11.6. The smallest absolute Gasteiger partial charge is 0.160 e. The van der Waals surface area contributed by atoms with Crippen molar-refractivity contribution in [3.8, 4) is 67.3 Å². The Balaban J connectivity index is 1.17. The van der Waals surface area contributed by atoms with Crippen LogP contribution in [0, 0.1) is 0 Å². The van der Waals surface area contributed by atoms with Crippen LogP contribution in [0.15, 0.2) is 194 Å². The molecule has 0 radical (unpaired) electrons. The molecule has 0 atom stereocenters. The van der Waals surface area contributed by atoms with E-state index in [1.807, 2.05) is 22.7 Å². The van der Waals surface area contributed by atoms with Gasteiger partial charge in [-0.05, 0) is 75.8 Å². The molecule has 4 heteroatoms. The van der Waals surface area contributed by atoms with Crippen LogP contribution in [0.2, 0.25) is 0 Å². The molecular weight excluding hydrogens is 717 g/mol. The van der Waals surface area contributed by atoms with E-state index in [9.17, 15) is 0 Å². The fourth-order valence-electron chi connectivity index (χ4n) is 7.99. The van der Waals surface area contributed by atoms with Gasteiger partial charge in [-0.25, -0.2) is 9.97 Å². The lowest BCUT2D eigenvalue weighted by atomic mass is 9.94. The van der Waals surface area contributed by atoms with Gasteiger partial charge in [0, 0.05) is 57.0 Å². The van der Waals surface area contributed by atoms with Gasteiger partial charge in [-0.1, -0.05) is 152 Å². The molecule has 0 amide bonds. The third-order valence-corrected chi connectivity index (χ3v) is 13.1. The number of hydrogen-bond donors (Lipinski definition) is 0. The van der Waals surface area contributed by atoms with Crippen LogP contribution in [0.3, 0.4) is 0 Å². The fraction of sp³-hybridized carbons (Fsp3) is 0. The minimum atomic E-state index is 0.696. The Kier molecular flexibility index (Phi) is 7.90. The van der Waals surface area contributed by atoms with Crippen LogP contribution in [-0.2, 0) is 0 Å². The van der Waals surface area contributed by atoms with E-state index in [1.54, 1.807) is 0 Å². The van der Waals surface area contributed by atoms with Crippen molar-refractivity contribution in [1.82, 2.24) is 9.97 Å². The number of fused-ring (bicyclic) bond motifs is 6. The SMILES string of the molecule is c1ccc(-c2cccc(-c3cc(-c4ccccc4)nc(-c4cc(-c5cccc6c5sc5ccccc56)cc(-c5cccc6c5sc5ccccc56)c4)n3)c2)cc1. The van der Waals surface area contributed by atoms with E-state index in [1.165, 1.54) is 57.0 Å². The Morgan fingerprint density at radius 3 is 1.32 bits per heavy atom. The summed E-state index contributed by atoms with van der Waals surface area (Å²) in [6, 6.07) is 69.6. The van der Waals surface area contributed by atoms with E-state index < -0.39 is 0 Å². The van der Waals surface area contributed by atoms with E-state index in [-0.39, 0.29) is 0 Å². The first kappa shape index (κ1) is 32.7. The zero-order valence-electron chi connectivity index (χ0n) is 30.2. The highest BCUT2D eigenvalue weighted by Crippen LogP contribution is 2.45. The second-order valence-electron chi connectivity index (χ2n) is 14.1. The van der Waals surface area contributed by atoms with Gasteiger partial charge < -0.3 is 0 Å². The summed E-state index contributed by atoms with van der Waals surface area (Å²) in [5.41, 5.74) is 11.9. The lowest BCUT2D eigenvalue weighted by molar-refractivity contribution is 1.18. The standard InChI is InChI=1S/C52H32N2S2/c1-3-14-33(15-4-1)35-18-11-19-36(28-35)47-32-46(34-16-5-2-6-17-34)53-52(54-47)39-30-37(40-22-12-24-44-42-20-7-9-26-48(42)55-50(40)44)29-38(31-39)41-23-13-25-45-43-21-8-10-27-49(43)56-51(41)45/h1-32H. The molecule has 0 saturated carbocycles. The average molecular weight is 749 g/mol. The fourth-order valence-corrected chi connectivity index (χ4v) is 10.5. The Morgan fingerprint density at radius 2 is 0.714 bits per heavy atom. The number of hydrogen-bond acceptors (Lipinski definition) is 4. The Morgan fingerprint density at radius 1 is 0.286 bits per heavy atom. The summed E-state index contributed by atoms with van der Waals surface area (Å²) in [7, 11) is 0. The first-order valence-electron chi connectivity index (χ1n) is 18.8. The predicted molar refractivity (Wildman–Crippen MR) is 240 cm³/mol. The quantitative estimate of drug-likeness (QED) is 0.169. The van der Waals surface area contributed by atoms with Gasteiger partial charge in [0.05, 0.1) is 11.4 Å². The largest absolute Gasteiger partial charge is 0.228 e. The number of benzene rings is 8. The summed E-state index contributed by atoms with van der Waals surface area (Å²) < 4.78 is 5.16. The molecule has 0 fully saturated rings. The topological polar surface area (TPSA) is 25.8 Å². The molecular formula is C52H32N2S2. The molecule has 8 aromatic carbocycles. The van der Waals surface area contributed by atoms with Gasteiger partial charge in [-0.2, -0.15) is 0 Å². The molecule has 0 unspecified atom stereocenters. The van der Waals surface area contributed by atoms with Crippen LogP contribution < -0.4 is 0 Å². The van der Waals surface area contributed by atoms with Crippen LogP contribution >= 0.6 is 22.7 Å². The maximum Gasteiger partial charge on any atom is 0.160 e. The molecule has 0 N–H and O–H groups in total. The van der Waals surface area contributed by atoms with Crippen molar-refractivity contribution in [2.45, 2.75) is 0 Å². The second kappa shape index (κ2) is 13.5. The molecule has 0 aliphatic rings. The highest BCUT2D eigenvalue weighted by molar-refractivity contribution is 7.26. The molecule has 2 nitrogen and oxygen atoms in total. The lowest BCUT2D eigenvalue weighted by Crippen LogP contribution is -1.97. The minimum absolute atomic E-state index is 0.696. The number of nitrogens with zero attached hydrogens (tertiary/aromatic N) is 2. The third kappa shape index (κ3) is 5.70. The van der Waals surface area contributed by atoms with E-state index in [2.05, 4.69) is 194 Å². The van der Waals surface area contributed by atoms with Crippen LogP contribution in [0.4, 0.5) is 0 Å². The van der Waals surface area contributed by atoms with Crippen molar-refractivity contribution < 1.29 is 0 Å². The van der Waals surface area contributed by atoms with Crippen molar-refractivity contribution in [2.24, 2.45) is 0 Å². The first-order chi connectivity index (χ1) is 27.7. The molecule has 0 aliphatic heterocycles. The summed E-state index contributed by atoms with van der Waals surface area (Å²) >= 11 is 3.72. The van der Waals surface area contributed by atoms with Crippen molar-refractivity contribution in [3.05, 3.63) is 194 Å². The average Bonchev–Trinajstić information content (AvgIpc) is 3.86. The zero-order chi connectivity index (χ0) is 37.0. The van der Waals surface area contributed by atoms with Gasteiger partial charge >= 0.3 is 0 Å². The number of thiophene rings is 2. The first-order valence-corrected chi connectivity index (χ1v) is 20.4. The van der Waals surface area contributed by atoms with Crippen LogP contribution in [0.5, 0.6) is 0 Å². The van der Waals surface area contributed by atoms with Crippen molar-refractivity contribution >= 4 is 63.0 Å². The van der Waals surface area contributed by atoms with E-state index in [0.29, 0.717) is 5.82 Å². The van der Waals surface area contributed by atoms with Crippen LogP contribution in [0.1, 0.15) is 0 Å². The van der Waals surface area contributed by atoms with Gasteiger partial charge in [-0.3, -0.25) is 0 Å². The molecule has 0 aliphatic carbocycles. The minimum Gasteiger partial charge on any atom is -0.228 e. The molecule has 11 aromatic rings. The molecule has 0 bridgehead atoms. The van der Waals surface area contributed by atoms with E-state index >= 15 is 0 Å². The highest BCUT2D eigenvalue weighted by Gasteiger charge is 2.18. The van der Waals surface area contributed by atoms with Crippen LogP contribution in [0.25, 0.3) is 108 Å². The van der Waals surface area contributed by atoms with Gasteiger partial charge in [0.1, 0.15) is 0 Å².